The number of carbonyl (C=O) groups is 15. The van der Waals surface area contributed by atoms with Gasteiger partial charge in [0, 0.05) is 288 Å². The van der Waals surface area contributed by atoms with Crippen LogP contribution in [-0.2, 0) is 235 Å². The molecule has 0 saturated heterocycles. The molecular formula is C108H213IN7O15Y5-5. The van der Waals surface area contributed by atoms with Gasteiger partial charge in [0.15, 0.2) is 0 Å². The minimum Gasteiger partial charge on any atom is -0.521 e. The first-order valence-corrected chi connectivity index (χ1v) is 44.8. The number of nitrogens with two attached hydrogens (primary N) is 1. The largest absolute Gasteiger partial charge is 0.521 e. The number of hydrogen-bond donors (Lipinski definition) is 1. The van der Waals surface area contributed by atoms with E-state index in [0.29, 0.717) is 160 Å². The summed E-state index contributed by atoms with van der Waals surface area (Å²) >= 11 is 2.23. The van der Waals surface area contributed by atoms with Crippen LogP contribution < -0.4 is 5.73 Å². The van der Waals surface area contributed by atoms with Crippen molar-refractivity contribution in [3.63, 3.8) is 0 Å². The summed E-state index contributed by atoms with van der Waals surface area (Å²) in [6, 6.07) is 0. The van der Waals surface area contributed by atoms with Crippen molar-refractivity contribution in [1.29, 1.82) is 0 Å². The van der Waals surface area contributed by atoms with Gasteiger partial charge < -0.3 is 98.9 Å². The van der Waals surface area contributed by atoms with Crippen LogP contribution in [0.25, 0.3) is 20.9 Å². The van der Waals surface area contributed by atoms with E-state index in [1.165, 1.54) is 26.7 Å². The molecule has 0 aliphatic rings. The van der Waals surface area contributed by atoms with Gasteiger partial charge in [0.2, 0.25) is 0 Å². The molecule has 0 aromatic heterocycles. The van der Waals surface area contributed by atoms with Gasteiger partial charge in [-0.3, -0.25) is 24.0 Å². The molecule has 136 heavy (non-hydrogen) atoms. The third kappa shape index (κ3) is 202. The van der Waals surface area contributed by atoms with Crippen LogP contribution in [0.4, 0.5) is 0 Å². The summed E-state index contributed by atoms with van der Waals surface area (Å²) < 4.78 is 2.04. The summed E-state index contributed by atoms with van der Waals surface area (Å²) in [4.78, 5) is 166. The third-order valence-corrected chi connectivity index (χ3v) is 18.1. The van der Waals surface area contributed by atoms with Crippen LogP contribution in [0.2, 0.25) is 0 Å². The standard InChI is InChI=1S/C11H21O.C10H17IO.C10H19N3O.C10H21NO.C10H17O2.C10H17O.C9H15N3O2.C9H16O2.C9H13O2.C8H14O2.C2H3.10CH4.5Y/c1-5-6-9(2)7-10(3)8-11(4)12;1-8(4-5-11)6-9(2)7-10(3)12;1-8(4-5-12-13-11)6-9(2)7-10(3)14;1-8(4-5-11)6-9(2)7-10(3)12;1-4-5-10(12)7-8(2)6-9(3)11;1-5-8(2)6-9(3)7-10(4)11;1-7(5-8(2)13)6-9(14)3-4-11-12-10;1-7(5-9(3)11)4-8(2)6-10;1-4-9(11)6-7(2)5-8(3)10;1-6(4-7(2)9)5-8(3)10;1-2;;;;;;;;;;;;;;;/h5,9-10H,6-8H2,1-4H3;4-5,8-9H,6-7H2,1-3H3;8-9H,4-7H2,1-3H3;8-9H,4-7,11H2,1-3H3;4,8H,5-7H2,1-3H3;1,5,8-9H,6-7H2,2-4H3;7H,3-6H2,1-2H3;6-8H,4-5H2,1-3H3;1,4,7H,5-6H2,2-3H3;6H,4-5H2,1-3H3;1H,2H2;10*1H4;;;;;/q-1;;;;2*-1;;;-1;;-1;;;;;;;;;;;;;;;/b;5-4+;;;;;;;;;;;;;;;;;;;;;;;;/t9-,10-;3*8-,9-;8-;8-,9-;7-;7-,8+;7-;;;;;;;;;;;;;;;;;/m111101010................./s1. The number of rotatable bonds is 56. The fourth-order valence-electron chi connectivity index (χ4n) is 13.7. The van der Waals surface area contributed by atoms with Gasteiger partial charge in [-0.1, -0.05) is 249 Å². The van der Waals surface area contributed by atoms with Crippen molar-refractivity contribution in [2.75, 3.05) is 19.6 Å². The van der Waals surface area contributed by atoms with Crippen LogP contribution in [0, 0.1) is 127 Å². The van der Waals surface area contributed by atoms with E-state index in [2.05, 4.69) is 144 Å². The number of azide groups is 2. The van der Waals surface area contributed by atoms with Crippen LogP contribution >= 0.6 is 22.6 Å². The van der Waals surface area contributed by atoms with Crippen LogP contribution in [0.3, 0.4) is 0 Å². The maximum absolute atomic E-state index is 11.2. The molecule has 0 amide bonds. The van der Waals surface area contributed by atoms with Crippen molar-refractivity contribution in [1.82, 2.24) is 0 Å². The first-order valence-electron chi connectivity index (χ1n) is 43.6. The Morgan fingerprint density at radius 1 is 0.346 bits per heavy atom. The zero-order valence-electron chi connectivity index (χ0n) is 84.2. The quantitative estimate of drug-likeness (QED) is 0.0112. The van der Waals surface area contributed by atoms with E-state index in [1.807, 2.05) is 59.0 Å². The Labute approximate surface area is 981 Å². The van der Waals surface area contributed by atoms with Crippen LogP contribution in [-0.4, -0.2) is 107 Å². The Hall–Kier alpha value is -1.16. The number of carbonyl (C=O) groups excluding carboxylic acids is 15. The molecule has 22 nitrogen and oxygen atoms in total. The van der Waals surface area contributed by atoms with E-state index in [1.54, 1.807) is 68.4 Å². The van der Waals surface area contributed by atoms with Crippen molar-refractivity contribution in [2.24, 2.45) is 111 Å². The summed E-state index contributed by atoms with van der Waals surface area (Å²) in [5.41, 5.74) is 21.5. The predicted octanol–water partition coefficient (Wildman–Crippen LogP) is 31.1. The fourth-order valence-corrected chi connectivity index (χ4v) is 14.4. The Balaban J connectivity index is -0.0000000406. The maximum Gasteiger partial charge on any atom is 0.133 e. The molecule has 0 fully saturated rings. The number of nitrogens with zero attached hydrogens (tertiary/aromatic N) is 6. The summed E-state index contributed by atoms with van der Waals surface area (Å²) in [5.74, 6) is 8.96. The van der Waals surface area contributed by atoms with Gasteiger partial charge >= 0.3 is 0 Å². The van der Waals surface area contributed by atoms with Gasteiger partial charge in [0.25, 0.3) is 0 Å². The van der Waals surface area contributed by atoms with Gasteiger partial charge in [0.1, 0.15) is 81.5 Å². The topological polar surface area (TPSA) is 380 Å². The summed E-state index contributed by atoms with van der Waals surface area (Å²) in [7, 11) is 0. The smallest absolute Gasteiger partial charge is 0.133 e. The number of ketones is 14. The first kappa shape index (κ1) is 204. The summed E-state index contributed by atoms with van der Waals surface area (Å²) in [6.45, 7) is 73.3. The Kier molecular flexibility index (Phi) is 217. The fraction of sp³-hybridized carbons (Fsp3) is 0.769. The molecule has 0 aromatic rings. The molecule has 0 saturated carbocycles. The van der Waals surface area contributed by atoms with E-state index < -0.39 is 0 Å². The van der Waals surface area contributed by atoms with E-state index in [4.69, 9.17) is 30.0 Å². The second-order valence-corrected chi connectivity index (χ2v) is 35.7. The van der Waals surface area contributed by atoms with Crippen molar-refractivity contribution >= 4 is 110 Å². The zero-order valence-corrected chi connectivity index (χ0v) is 101. The van der Waals surface area contributed by atoms with Crippen molar-refractivity contribution < 1.29 is 235 Å². The number of allylic oxidation sites excluding steroid dienone is 3. The van der Waals surface area contributed by atoms with Crippen molar-refractivity contribution in [2.45, 2.75) is 436 Å². The first-order chi connectivity index (χ1) is 56.0. The number of aldehydes is 1. The SMILES string of the molecule is C.C.C.C.C.C.C.C.C.C.CC(=O)CC(C)CC(C)=O.CC(=O)C[C@H](C)CC(=O)CCN=[N+]=[N-].CC(=O)C[C@H](C)C[C@H](C)/C=C/I.CC(=O)C[C@H](C)C[C@H](C)C=O.CC(=O)C[C@H](C)C[C@H](C)CCN.CC(=O)C[C@H](C)C[C@H](C)CCN=[N+]=[N-].C[CH-]CC(=O)C[C@@H](C)CC(C)=O.C[CH-]C[C@@H](C)C[C@@H](C)CC(C)=O.[CH-]=C.[CH-]=CC(=O)C[C@@H](C)CC(C)=O.[CH-]=C[C@@H](C)C[C@@H](C)CC(C)=O.[Y].[Y].[Y].[Y].[Y]. The predicted molar refractivity (Wildman–Crippen MR) is 576 cm³/mol. The van der Waals surface area contributed by atoms with Gasteiger partial charge in [0.05, 0.1) is 0 Å². The van der Waals surface area contributed by atoms with Gasteiger partial charge in [-0.25, -0.2) is 6.08 Å². The molecule has 0 aliphatic carbocycles. The summed E-state index contributed by atoms with van der Waals surface area (Å²) in [5, 5.41) is 6.77. The third-order valence-electron chi connectivity index (χ3n) is 17.7. The molecule has 0 aliphatic heterocycles. The molecule has 0 aromatic carbocycles. The number of Topliss-reactive ketones (excluding diaryl/α,β-unsaturated/α-hetero) is 13. The molecule has 0 bridgehead atoms. The Morgan fingerprint density at radius 2 is 0.588 bits per heavy atom. The van der Waals surface area contributed by atoms with Gasteiger partial charge in [-0.05, 0) is 220 Å². The van der Waals surface area contributed by atoms with Gasteiger partial charge in [-0.2, -0.15) is 20.3 Å². The van der Waals surface area contributed by atoms with Crippen LogP contribution in [0.5, 0.6) is 0 Å². The molecule has 0 heterocycles. The Morgan fingerprint density at radius 3 is 0.838 bits per heavy atom. The van der Waals surface area contributed by atoms with Gasteiger partial charge in [-0.15, -0.1) is 6.42 Å². The second kappa shape index (κ2) is 145. The molecule has 0 unspecified atom stereocenters. The molecule has 5 radical (unpaired) electrons. The summed E-state index contributed by atoms with van der Waals surface area (Å²) in [6.07, 6.45) is 28.0. The normalized spacial score (nSPS) is 12.2. The molecule has 2 N–H and O–H groups in total. The number of halogens is 1. The van der Waals surface area contributed by atoms with E-state index in [9.17, 15) is 71.9 Å². The maximum atomic E-state index is 11.2. The van der Waals surface area contributed by atoms with E-state index in [-0.39, 0.29) is 344 Å². The van der Waals surface area contributed by atoms with E-state index in [0.717, 1.165) is 89.0 Å². The molecule has 0 rings (SSSR count). The van der Waals surface area contributed by atoms with Crippen LogP contribution in [0.15, 0.2) is 39.1 Å². The zero-order chi connectivity index (χ0) is 96.9. The molecule has 28 heteroatoms. The molecular weight excluding hydrogens is 2210 g/mol. The van der Waals surface area contributed by atoms with Crippen molar-refractivity contribution in [3.8, 4) is 0 Å². The number of hydrogen-bond acceptors (Lipinski definition) is 18. The second-order valence-electron chi connectivity index (χ2n) is 34.9. The molecule has 0 spiro atoms. The van der Waals surface area contributed by atoms with E-state index >= 15 is 0 Å². The average molecular weight is 2420 g/mol. The minimum atomic E-state index is -0.0984. The molecule has 797 valence electrons. The monoisotopic (exact) mass is 2420 g/mol. The average Bonchev–Trinajstić information content (AvgIpc) is 0.979. The van der Waals surface area contributed by atoms with Crippen molar-refractivity contribution in [3.05, 3.63) is 82.4 Å². The minimum absolute atomic E-state index is 0. The molecule has 15 atom stereocenters. The Bertz CT molecular complexity index is 2910. The van der Waals surface area contributed by atoms with Crippen LogP contribution in [0.1, 0.15) is 436 Å².